The monoisotopic (exact) mass is 458 g/mol. The molecule has 23 heavy (non-hydrogen) atoms. The van der Waals surface area contributed by atoms with Gasteiger partial charge in [-0.05, 0) is 0 Å². The van der Waals surface area contributed by atoms with E-state index >= 15 is 0 Å². The van der Waals surface area contributed by atoms with Crippen LogP contribution in [0.25, 0.3) is 0 Å². The van der Waals surface area contributed by atoms with Crippen LogP contribution in [-0.4, -0.2) is 13.9 Å². The van der Waals surface area contributed by atoms with Crippen molar-refractivity contribution < 1.29 is 24.1 Å². The fourth-order valence-electron chi connectivity index (χ4n) is 1.81. The molecular formula is C15H14F3IO3S. The van der Waals surface area contributed by atoms with Crippen molar-refractivity contribution in [1.82, 2.24) is 0 Å². The van der Waals surface area contributed by atoms with Crippen molar-refractivity contribution in [2.45, 2.75) is 31.2 Å². The molecule has 0 amide bonds. The zero-order chi connectivity index (χ0) is 16.9. The van der Waals surface area contributed by atoms with Crippen LogP contribution in [0.5, 0.6) is 0 Å². The van der Waals surface area contributed by atoms with Crippen LogP contribution >= 0.6 is 20.2 Å². The van der Waals surface area contributed by atoms with E-state index in [0.29, 0.717) is 3.57 Å². The predicted molar refractivity (Wildman–Crippen MR) is 89.5 cm³/mol. The van der Waals surface area contributed by atoms with Crippen molar-refractivity contribution in [2.75, 3.05) is 0 Å². The van der Waals surface area contributed by atoms with Gasteiger partial charge in [-0.2, -0.15) is 0 Å². The number of alkyl halides is 3. The second kappa shape index (κ2) is 7.68. The molecule has 2 rings (SSSR count). The SMILES string of the molecule is O=S(=O)(OI(C#CC1=CCCCC1)c1ccccc1)C(F)(F)F. The standard InChI is InChI=1S/C15H14F3IO3S/c16-15(17,18)23(20,21)22-19(14-9-5-2-6-10-14)12-11-13-7-3-1-4-8-13/h2,5-7,9-10H,1,3-4,8H2. The summed E-state index contributed by atoms with van der Waals surface area (Å²) in [6, 6.07) is 8.00. The third-order valence-electron chi connectivity index (χ3n) is 2.95. The normalized spacial score (nSPS) is 16.1. The number of hydrogen-bond acceptors (Lipinski definition) is 3. The molecule has 0 unspecified atom stereocenters. The average molecular weight is 458 g/mol. The van der Waals surface area contributed by atoms with Crippen molar-refractivity contribution in [1.29, 1.82) is 0 Å². The fourth-order valence-corrected chi connectivity index (χ4v) is 7.05. The first-order valence-electron chi connectivity index (χ1n) is 6.76. The third-order valence-corrected chi connectivity index (χ3v) is 8.91. The second-order valence-electron chi connectivity index (χ2n) is 4.70. The first-order valence-corrected chi connectivity index (χ1v) is 11.2. The van der Waals surface area contributed by atoms with Gasteiger partial charge in [-0.1, -0.05) is 0 Å². The molecule has 0 aliphatic heterocycles. The topological polar surface area (TPSA) is 43.4 Å². The minimum atomic E-state index is -5.65. The van der Waals surface area contributed by atoms with Gasteiger partial charge in [0.15, 0.2) is 0 Å². The van der Waals surface area contributed by atoms with Gasteiger partial charge in [0, 0.05) is 0 Å². The molecule has 1 aromatic rings. The molecule has 0 spiro atoms. The first kappa shape index (κ1) is 18.3. The first-order chi connectivity index (χ1) is 10.8. The number of halogens is 4. The summed E-state index contributed by atoms with van der Waals surface area (Å²) in [6.45, 7) is 0. The molecule has 8 heteroatoms. The molecule has 1 aliphatic rings. The molecule has 1 aromatic carbocycles. The van der Waals surface area contributed by atoms with Crippen LogP contribution in [0.1, 0.15) is 25.7 Å². The molecule has 0 saturated heterocycles. The molecule has 3 nitrogen and oxygen atoms in total. The zero-order valence-corrected chi connectivity index (χ0v) is 14.9. The van der Waals surface area contributed by atoms with E-state index in [1.54, 1.807) is 30.3 Å². The van der Waals surface area contributed by atoms with E-state index < -0.39 is 35.9 Å². The van der Waals surface area contributed by atoms with Crippen LogP contribution in [0.2, 0.25) is 0 Å². The molecule has 0 aromatic heterocycles. The van der Waals surface area contributed by atoms with E-state index in [1.807, 2.05) is 6.08 Å². The van der Waals surface area contributed by atoms with Gasteiger partial charge in [0.25, 0.3) is 0 Å². The van der Waals surface area contributed by atoms with Gasteiger partial charge < -0.3 is 0 Å². The van der Waals surface area contributed by atoms with E-state index in [2.05, 4.69) is 12.4 Å². The summed E-state index contributed by atoms with van der Waals surface area (Å²) in [7, 11) is -5.65. The Kier molecular flexibility index (Phi) is 6.11. The van der Waals surface area contributed by atoms with Crippen molar-refractivity contribution in [3.8, 4) is 9.85 Å². The van der Waals surface area contributed by atoms with Crippen molar-refractivity contribution >= 4 is 30.4 Å². The van der Waals surface area contributed by atoms with Gasteiger partial charge >= 0.3 is 141 Å². The predicted octanol–water partition coefficient (Wildman–Crippen LogP) is 4.61. The van der Waals surface area contributed by atoms with Gasteiger partial charge in [-0.15, -0.1) is 0 Å². The van der Waals surface area contributed by atoms with Gasteiger partial charge in [0.05, 0.1) is 0 Å². The fraction of sp³-hybridized carbons (Fsp3) is 0.333. The van der Waals surface area contributed by atoms with E-state index in [9.17, 15) is 21.6 Å². The van der Waals surface area contributed by atoms with E-state index in [4.69, 9.17) is 0 Å². The Balaban J connectivity index is 2.30. The van der Waals surface area contributed by atoms with Crippen LogP contribution < -0.4 is 0 Å². The molecular weight excluding hydrogens is 444 g/mol. The molecule has 0 radical (unpaired) electrons. The third kappa shape index (κ3) is 5.22. The van der Waals surface area contributed by atoms with E-state index in [1.165, 1.54) is 0 Å². The summed E-state index contributed by atoms with van der Waals surface area (Å²) in [5.41, 5.74) is -4.61. The Morgan fingerprint density at radius 1 is 1.13 bits per heavy atom. The second-order valence-corrected chi connectivity index (χ2v) is 10.5. The van der Waals surface area contributed by atoms with Crippen molar-refractivity contribution in [2.24, 2.45) is 0 Å². The van der Waals surface area contributed by atoms with Crippen LogP contribution in [-0.2, 0) is 12.6 Å². The van der Waals surface area contributed by atoms with Gasteiger partial charge in [0.1, 0.15) is 0 Å². The molecule has 0 atom stereocenters. The van der Waals surface area contributed by atoms with Crippen LogP contribution in [0, 0.1) is 13.4 Å². The Morgan fingerprint density at radius 2 is 1.83 bits per heavy atom. The van der Waals surface area contributed by atoms with E-state index in [0.717, 1.165) is 31.3 Å². The Hall–Kier alpha value is -1.05. The average Bonchev–Trinajstić information content (AvgIpc) is 2.52. The molecule has 0 fully saturated rings. The Labute approximate surface area is 141 Å². The van der Waals surface area contributed by atoms with Crippen LogP contribution in [0.4, 0.5) is 13.2 Å². The molecule has 1 aliphatic carbocycles. The summed E-state index contributed by atoms with van der Waals surface area (Å²) >= 11 is -3.30. The van der Waals surface area contributed by atoms with E-state index in [-0.39, 0.29) is 0 Å². The molecule has 0 heterocycles. The summed E-state index contributed by atoms with van der Waals surface area (Å²) in [6.07, 6.45) is 5.62. The van der Waals surface area contributed by atoms with Gasteiger partial charge in [-0.3, -0.25) is 0 Å². The number of hydrogen-bond donors (Lipinski definition) is 0. The Bertz CT molecular complexity index is 731. The zero-order valence-electron chi connectivity index (χ0n) is 11.9. The molecule has 126 valence electrons. The maximum atomic E-state index is 12.6. The van der Waals surface area contributed by atoms with Crippen molar-refractivity contribution in [3.05, 3.63) is 45.6 Å². The summed E-state index contributed by atoms with van der Waals surface area (Å²) < 4.78 is 67.8. The number of benzene rings is 1. The molecule has 0 saturated carbocycles. The summed E-state index contributed by atoms with van der Waals surface area (Å²) in [4.78, 5) is 0. The number of allylic oxidation sites excluding steroid dienone is 2. The van der Waals surface area contributed by atoms with Crippen molar-refractivity contribution in [3.63, 3.8) is 0 Å². The number of rotatable bonds is 3. The summed E-state index contributed by atoms with van der Waals surface area (Å²) in [5.74, 6) is 2.82. The summed E-state index contributed by atoms with van der Waals surface area (Å²) in [5, 5.41) is 0. The minimum absolute atomic E-state index is 0.411. The molecule has 0 N–H and O–H groups in total. The maximum absolute atomic E-state index is 12.6. The van der Waals surface area contributed by atoms with Gasteiger partial charge in [-0.25, -0.2) is 0 Å². The Morgan fingerprint density at radius 3 is 2.39 bits per heavy atom. The van der Waals surface area contributed by atoms with Crippen LogP contribution in [0.3, 0.4) is 0 Å². The molecule has 0 bridgehead atoms. The van der Waals surface area contributed by atoms with Crippen LogP contribution in [0.15, 0.2) is 42.0 Å². The van der Waals surface area contributed by atoms with Gasteiger partial charge in [0.2, 0.25) is 0 Å². The quantitative estimate of drug-likeness (QED) is 0.378.